The first-order chi connectivity index (χ1) is 19.1. The normalized spacial score (nSPS) is 19.6. The molecule has 204 valence electrons. The number of benzene rings is 2. The first kappa shape index (κ1) is 25.6. The quantitative estimate of drug-likeness (QED) is 0.411. The minimum Gasteiger partial charge on any atom is -0.488 e. The molecule has 0 radical (unpaired) electrons. The molecule has 1 fully saturated rings. The zero-order chi connectivity index (χ0) is 26.8. The number of carbonyl (C=O) groups excluding carboxylic acids is 2. The Morgan fingerprint density at radius 1 is 1.13 bits per heavy atom. The first-order valence-corrected chi connectivity index (χ1v) is 14.0. The van der Waals surface area contributed by atoms with Crippen LogP contribution in [0.1, 0.15) is 39.7 Å². The monoisotopic (exact) mass is 552 g/mol. The minimum atomic E-state index is -0.450. The van der Waals surface area contributed by atoms with Crippen LogP contribution in [0.15, 0.2) is 53.9 Å². The number of amides is 2. The summed E-state index contributed by atoms with van der Waals surface area (Å²) in [6, 6.07) is 12.9. The number of rotatable bonds is 8. The number of thiophene rings is 1. The van der Waals surface area contributed by atoms with Crippen molar-refractivity contribution in [3.05, 3.63) is 75.7 Å². The third kappa shape index (κ3) is 5.44. The number of hydrogen-bond donors (Lipinski definition) is 0. The van der Waals surface area contributed by atoms with Crippen LogP contribution < -0.4 is 14.2 Å². The Labute approximate surface area is 229 Å². The van der Waals surface area contributed by atoms with Crippen LogP contribution in [0.5, 0.6) is 17.2 Å². The fourth-order valence-corrected chi connectivity index (χ4v) is 6.25. The number of para-hydroxylation sites is 1. The van der Waals surface area contributed by atoms with Crippen LogP contribution in [-0.4, -0.2) is 67.4 Å². The van der Waals surface area contributed by atoms with E-state index in [9.17, 15) is 14.0 Å². The van der Waals surface area contributed by atoms with Gasteiger partial charge in [-0.1, -0.05) is 12.1 Å². The summed E-state index contributed by atoms with van der Waals surface area (Å²) in [5.41, 5.74) is 1.42. The summed E-state index contributed by atoms with van der Waals surface area (Å²) in [4.78, 5) is 32.0. The van der Waals surface area contributed by atoms with Crippen molar-refractivity contribution >= 4 is 23.2 Å². The molecule has 0 unspecified atom stereocenters. The molecule has 8 nitrogen and oxygen atoms in total. The Kier molecular flexibility index (Phi) is 7.38. The predicted octanol–water partition coefficient (Wildman–Crippen LogP) is 4.44. The van der Waals surface area contributed by atoms with Crippen LogP contribution in [0.4, 0.5) is 4.39 Å². The molecule has 3 aliphatic rings. The summed E-state index contributed by atoms with van der Waals surface area (Å²) < 4.78 is 36.8. The second kappa shape index (κ2) is 11.2. The number of halogens is 1. The highest BCUT2D eigenvalue weighted by molar-refractivity contribution is 7.10. The SMILES string of the molecule is O=C(c1ccc2c(c1)OCO2)N(CC(=O)N1CCc2sccc2[C@H]1COc1ccccc1F)C[C@@H]1CCCO1. The zero-order valence-electron chi connectivity index (χ0n) is 21.3. The second-order valence-electron chi connectivity index (χ2n) is 9.78. The summed E-state index contributed by atoms with van der Waals surface area (Å²) >= 11 is 1.64. The van der Waals surface area contributed by atoms with Crippen molar-refractivity contribution in [2.24, 2.45) is 0 Å². The Hall–Kier alpha value is -3.63. The molecule has 0 aliphatic carbocycles. The average molecular weight is 553 g/mol. The largest absolute Gasteiger partial charge is 0.488 e. The van der Waals surface area contributed by atoms with Gasteiger partial charge in [-0.3, -0.25) is 9.59 Å². The lowest BCUT2D eigenvalue weighted by molar-refractivity contribution is -0.135. The third-order valence-corrected chi connectivity index (χ3v) is 8.33. The summed E-state index contributed by atoms with van der Waals surface area (Å²) in [6.07, 6.45) is 2.35. The van der Waals surface area contributed by atoms with Gasteiger partial charge in [0.1, 0.15) is 13.2 Å². The Morgan fingerprint density at radius 3 is 2.85 bits per heavy atom. The topological polar surface area (TPSA) is 77.5 Å². The van der Waals surface area contributed by atoms with Gasteiger partial charge in [0.05, 0.1) is 12.1 Å². The summed E-state index contributed by atoms with van der Waals surface area (Å²) in [5, 5.41) is 2.00. The van der Waals surface area contributed by atoms with Gasteiger partial charge in [-0.2, -0.15) is 0 Å². The van der Waals surface area contributed by atoms with E-state index >= 15 is 0 Å². The van der Waals surface area contributed by atoms with Gasteiger partial charge >= 0.3 is 0 Å². The van der Waals surface area contributed by atoms with E-state index < -0.39 is 11.9 Å². The minimum absolute atomic E-state index is 0.108. The van der Waals surface area contributed by atoms with Crippen LogP contribution in [0.25, 0.3) is 0 Å². The van der Waals surface area contributed by atoms with Gasteiger partial charge in [0.25, 0.3) is 5.91 Å². The maximum atomic E-state index is 14.3. The molecule has 2 atom stereocenters. The van der Waals surface area contributed by atoms with Crippen LogP contribution in [0, 0.1) is 5.82 Å². The van der Waals surface area contributed by atoms with Crippen molar-refractivity contribution < 1.29 is 32.9 Å². The Balaban J connectivity index is 1.22. The van der Waals surface area contributed by atoms with Crippen LogP contribution in [0.3, 0.4) is 0 Å². The van der Waals surface area contributed by atoms with Crippen molar-refractivity contribution in [3.63, 3.8) is 0 Å². The van der Waals surface area contributed by atoms with Crippen LogP contribution in [-0.2, 0) is 16.0 Å². The van der Waals surface area contributed by atoms with E-state index in [1.807, 2.05) is 11.4 Å². The third-order valence-electron chi connectivity index (χ3n) is 7.33. The van der Waals surface area contributed by atoms with Crippen molar-refractivity contribution in [2.75, 3.05) is 39.6 Å². The lowest BCUT2D eigenvalue weighted by atomic mass is 10.00. The molecule has 39 heavy (non-hydrogen) atoms. The van der Waals surface area contributed by atoms with E-state index in [1.165, 1.54) is 10.9 Å². The summed E-state index contributed by atoms with van der Waals surface area (Å²) in [5.74, 6) is 0.325. The molecule has 4 heterocycles. The number of nitrogens with zero attached hydrogens (tertiary/aromatic N) is 2. The average Bonchev–Trinajstić information content (AvgIpc) is 3.73. The van der Waals surface area contributed by atoms with E-state index in [-0.39, 0.29) is 43.6 Å². The molecule has 0 spiro atoms. The highest BCUT2D eigenvalue weighted by atomic mass is 32.1. The number of hydrogen-bond acceptors (Lipinski definition) is 7. The second-order valence-corrected chi connectivity index (χ2v) is 10.8. The molecule has 0 N–H and O–H groups in total. The van der Waals surface area contributed by atoms with E-state index in [1.54, 1.807) is 57.5 Å². The predicted molar refractivity (Wildman–Crippen MR) is 142 cm³/mol. The van der Waals surface area contributed by atoms with Gasteiger partial charge in [0.15, 0.2) is 23.1 Å². The van der Waals surface area contributed by atoms with Crippen molar-refractivity contribution in [3.8, 4) is 17.2 Å². The van der Waals surface area contributed by atoms with Gasteiger partial charge in [-0.15, -0.1) is 11.3 Å². The molecule has 2 aromatic carbocycles. The maximum Gasteiger partial charge on any atom is 0.254 e. The van der Waals surface area contributed by atoms with Gasteiger partial charge < -0.3 is 28.7 Å². The molecule has 0 saturated carbocycles. The number of fused-ring (bicyclic) bond motifs is 2. The molecular formula is C29H29FN2O6S. The summed E-state index contributed by atoms with van der Waals surface area (Å²) in [7, 11) is 0. The molecule has 6 rings (SSSR count). The molecule has 3 aromatic rings. The van der Waals surface area contributed by atoms with E-state index in [0.717, 1.165) is 24.8 Å². The highest BCUT2D eigenvalue weighted by Gasteiger charge is 2.35. The van der Waals surface area contributed by atoms with E-state index in [0.29, 0.717) is 36.8 Å². The highest BCUT2D eigenvalue weighted by Crippen LogP contribution is 2.35. The molecule has 0 bridgehead atoms. The molecule has 1 saturated heterocycles. The summed E-state index contributed by atoms with van der Waals surface area (Å²) in [6.45, 7) is 1.56. The van der Waals surface area contributed by atoms with Crippen LogP contribution in [0.2, 0.25) is 0 Å². The molecule has 10 heteroatoms. The number of ether oxygens (including phenoxy) is 4. The van der Waals surface area contributed by atoms with Gasteiger partial charge in [-0.25, -0.2) is 4.39 Å². The lowest BCUT2D eigenvalue weighted by Crippen LogP contribution is -2.49. The van der Waals surface area contributed by atoms with Gasteiger partial charge in [0, 0.05) is 30.1 Å². The Bertz CT molecular complexity index is 1360. The molecule has 3 aliphatic heterocycles. The van der Waals surface area contributed by atoms with Crippen LogP contribution >= 0.6 is 11.3 Å². The Morgan fingerprint density at radius 2 is 2.00 bits per heavy atom. The fraction of sp³-hybridized carbons (Fsp3) is 0.379. The van der Waals surface area contributed by atoms with E-state index in [2.05, 4.69) is 0 Å². The maximum absolute atomic E-state index is 14.3. The van der Waals surface area contributed by atoms with Crippen molar-refractivity contribution in [1.29, 1.82) is 0 Å². The van der Waals surface area contributed by atoms with Crippen molar-refractivity contribution in [1.82, 2.24) is 9.80 Å². The van der Waals surface area contributed by atoms with E-state index in [4.69, 9.17) is 18.9 Å². The molecule has 1 aromatic heterocycles. The standard InChI is InChI=1S/C29H29FN2O6S/c30-22-5-1-2-6-24(22)36-17-23-21-10-13-39-27(21)9-11-32(23)28(33)16-31(15-20-4-3-12-35-20)29(34)19-7-8-25-26(14-19)38-18-37-25/h1-2,5-8,10,13-14,20,23H,3-4,9,11-12,15-18H2/t20-,23+/m0/s1. The first-order valence-electron chi connectivity index (χ1n) is 13.1. The van der Waals surface area contributed by atoms with Gasteiger partial charge in [0.2, 0.25) is 12.7 Å². The zero-order valence-corrected chi connectivity index (χ0v) is 22.2. The molecular weight excluding hydrogens is 523 g/mol. The fourth-order valence-electron chi connectivity index (χ4n) is 5.32. The number of carbonyl (C=O) groups is 2. The lowest BCUT2D eigenvalue weighted by Gasteiger charge is -2.37. The van der Waals surface area contributed by atoms with Crippen molar-refractivity contribution in [2.45, 2.75) is 31.4 Å². The smallest absolute Gasteiger partial charge is 0.254 e. The van der Waals surface area contributed by atoms with Gasteiger partial charge in [-0.05, 0) is 66.6 Å². The molecule has 2 amide bonds.